The second-order valence-corrected chi connectivity index (χ2v) is 14.8. The number of hydrogen-bond donors (Lipinski definition) is 2. The average molecular weight is 790 g/mol. The molecule has 0 bridgehead atoms. The van der Waals surface area contributed by atoms with Gasteiger partial charge in [0.1, 0.15) is 0 Å². The van der Waals surface area contributed by atoms with Crippen LogP contribution in [0.4, 0.5) is 37.7 Å². The molecule has 0 radical (unpaired) electrons. The number of benzene rings is 4. The number of allylic oxidation sites excluding steroid dienone is 2. The number of amides is 4. The molecule has 2 saturated heterocycles. The van der Waals surface area contributed by atoms with Crippen LogP contribution in [0, 0.1) is 30.6 Å². The Morgan fingerprint density at radius 1 is 0.789 bits per heavy atom. The van der Waals surface area contributed by atoms with Crippen LogP contribution < -0.4 is 15.1 Å². The predicted molar refractivity (Wildman–Crippen MR) is 192 cm³/mol. The molecule has 294 valence electrons. The van der Waals surface area contributed by atoms with Gasteiger partial charge in [-0.15, -0.1) is 0 Å². The molecule has 4 aromatic carbocycles. The molecule has 4 amide bonds. The molecular formula is C42H33F6N3O6. The minimum absolute atomic E-state index is 0.0402. The predicted octanol–water partition coefficient (Wildman–Crippen LogP) is 7.94. The summed E-state index contributed by atoms with van der Waals surface area (Å²) in [6.45, 7) is 1.87. The summed E-state index contributed by atoms with van der Waals surface area (Å²) < 4.78 is 88.9. The molecule has 4 aromatic rings. The first-order chi connectivity index (χ1) is 27.0. The van der Waals surface area contributed by atoms with Crippen molar-refractivity contribution in [2.45, 2.75) is 43.5 Å². The summed E-state index contributed by atoms with van der Waals surface area (Å²) >= 11 is 0. The Hall–Kier alpha value is -6.12. The quantitative estimate of drug-likeness (QED) is 0.116. The number of methoxy groups -OCH3 is 1. The summed E-state index contributed by atoms with van der Waals surface area (Å²) in [6, 6.07) is 20.6. The molecule has 15 heteroatoms. The number of nitrogens with one attached hydrogen (secondary N) is 1. The van der Waals surface area contributed by atoms with Gasteiger partial charge in [0.05, 0.1) is 52.8 Å². The van der Waals surface area contributed by atoms with E-state index in [0.29, 0.717) is 39.4 Å². The molecule has 2 aliphatic carbocycles. The zero-order chi connectivity index (χ0) is 40.8. The average Bonchev–Trinajstić information content (AvgIpc) is 3.56. The number of nitrogens with zero attached hydrogens (tertiary/aromatic N) is 2. The Bertz CT molecular complexity index is 2330. The SMILES string of the molecule is COc1cc(C2C3=CCC4C(=O)N(c5cc(C(F)(F)F)cc(C(F)(F)F)c5)C(=O)C4C3CC3C(=O)N(Nc4ccc(C)cc4)C(=O)C32c2ccccc2)ccc1O. The molecule has 0 spiro atoms. The lowest BCUT2D eigenvalue weighted by Gasteiger charge is -2.50. The molecule has 4 aliphatic rings. The summed E-state index contributed by atoms with van der Waals surface area (Å²) in [5.74, 6) is -9.16. The second kappa shape index (κ2) is 13.2. The van der Waals surface area contributed by atoms with Crippen LogP contribution in [0.1, 0.15) is 46.6 Å². The van der Waals surface area contributed by atoms with E-state index in [2.05, 4.69) is 5.43 Å². The maximum atomic E-state index is 15.3. The number of ether oxygens (including phenoxy) is 1. The van der Waals surface area contributed by atoms with Gasteiger partial charge in [0, 0.05) is 5.92 Å². The van der Waals surface area contributed by atoms with Gasteiger partial charge in [0.15, 0.2) is 11.5 Å². The van der Waals surface area contributed by atoms with Gasteiger partial charge >= 0.3 is 12.4 Å². The van der Waals surface area contributed by atoms with Crippen molar-refractivity contribution in [1.29, 1.82) is 0 Å². The fourth-order valence-electron chi connectivity index (χ4n) is 9.32. The van der Waals surface area contributed by atoms with Gasteiger partial charge in [-0.2, -0.15) is 31.4 Å². The number of aromatic hydroxyl groups is 1. The van der Waals surface area contributed by atoms with E-state index < -0.39 is 87.8 Å². The Kier molecular flexibility index (Phi) is 8.78. The highest BCUT2D eigenvalue weighted by Crippen LogP contribution is 2.64. The van der Waals surface area contributed by atoms with E-state index in [-0.39, 0.29) is 30.4 Å². The highest BCUT2D eigenvalue weighted by Gasteiger charge is 2.70. The molecule has 2 N–H and O–H groups in total. The van der Waals surface area contributed by atoms with Crippen molar-refractivity contribution >= 4 is 35.0 Å². The number of halogens is 6. The molecule has 2 aliphatic heterocycles. The van der Waals surface area contributed by atoms with Crippen molar-refractivity contribution in [2.24, 2.45) is 23.7 Å². The minimum atomic E-state index is -5.24. The van der Waals surface area contributed by atoms with E-state index in [1.165, 1.54) is 19.2 Å². The molecule has 1 saturated carbocycles. The van der Waals surface area contributed by atoms with Crippen molar-refractivity contribution in [1.82, 2.24) is 5.01 Å². The molecule has 0 aromatic heterocycles. The minimum Gasteiger partial charge on any atom is -0.504 e. The highest BCUT2D eigenvalue weighted by atomic mass is 19.4. The van der Waals surface area contributed by atoms with Crippen molar-refractivity contribution in [3.63, 3.8) is 0 Å². The molecule has 8 rings (SSSR count). The smallest absolute Gasteiger partial charge is 0.416 e. The molecule has 6 atom stereocenters. The molecular weight excluding hydrogens is 756 g/mol. The number of anilines is 2. The maximum absolute atomic E-state index is 15.3. The van der Waals surface area contributed by atoms with Gasteiger partial charge in [-0.3, -0.25) is 24.6 Å². The third kappa shape index (κ3) is 5.84. The van der Waals surface area contributed by atoms with Gasteiger partial charge in [-0.25, -0.2) is 4.90 Å². The summed E-state index contributed by atoms with van der Waals surface area (Å²) in [6.07, 6.45) is -9.10. The number of phenolic OH excluding ortho intramolecular Hbond substituents is 1. The van der Waals surface area contributed by atoms with Crippen LogP contribution in [0.3, 0.4) is 0 Å². The van der Waals surface area contributed by atoms with Gasteiger partial charge in [0.2, 0.25) is 11.8 Å². The van der Waals surface area contributed by atoms with Gasteiger partial charge in [0.25, 0.3) is 11.8 Å². The van der Waals surface area contributed by atoms with Crippen LogP contribution in [0.15, 0.2) is 103 Å². The number of rotatable bonds is 6. The molecule has 9 nitrogen and oxygen atoms in total. The second-order valence-electron chi connectivity index (χ2n) is 14.8. The van der Waals surface area contributed by atoms with E-state index >= 15 is 4.79 Å². The van der Waals surface area contributed by atoms with E-state index in [1.54, 1.807) is 66.7 Å². The summed E-state index contributed by atoms with van der Waals surface area (Å²) in [4.78, 5) is 59.0. The summed E-state index contributed by atoms with van der Waals surface area (Å²) in [7, 11) is 1.33. The largest absolute Gasteiger partial charge is 0.504 e. The van der Waals surface area contributed by atoms with Crippen molar-refractivity contribution in [2.75, 3.05) is 17.4 Å². The number of carbonyl (C=O) groups is 4. The first-order valence-corrected chi connectivity index (χ1v) is 18.0. The topological polar surface area (TPSA) is 116 Å². The number of alkyl halides is 6. The fourth-order valence-corrected chi connectivity index (χ4v) is 9.32. The molecule has 6 unspecified atom stereocenters. The van der Waals surface area contributed by atoms with E-state index in [4.69, 9.17) is 4.74 Å². The van der Waals surface area contributed by atoms with Gasteiger partial charge in [-0.1, -0.05) is 65.7 Å². The summed E-state index contributed by atoms with van der Waals surface area (Å²) in [5.41, 5.74) is -0.278. The Morgan fingerprint density at radius 2 is 1.44 bits per heavy atom. The lowest BCUT2D eigenvalue weighted by atomic mass is 9.49. The van der Waals surface area contributed by atoms with Crippen LogP contribution in [-0.4, -0.2) is 40.9 Å². The van der Waals surface area contributed by atoms with Crippen LogP contribution in [0.2, 0.25) is 0 Å². The number of imide groups is 2. The lowest BCUT2D eigenvalue weighted by Crippen LogP contribution is -2.53. The number of aryl methyl sites for hydroxylation is 1. The van der Waals surface area contributed by atoms with Crippen molar-refractivity contribution < 1.29 is 55.4 Å². The monoisotopic (exact) mass is 789 g/mol. The standard InChI is InChI=1S/C42H33F6N3O6/c1-21-8-11-26(12-9-21)49-51-37(54)31-20-30-28(35(22-10-15-32(52)33(16-22)57-2)40(31,39(51)56)23-6-4-3-5-7-23)13-14-29-34(30)38(55)50(36(29)53)27-18-24(41(43,44)45)17-25(19-27)42(46,47)48/h3-13,15-19,29-31,34-35,49,52H,14,20H2,1-2H3. The van der Waals surface area contributed by atoms with Crippen molar-refractivity contribution in [3.8, 4) is 11.5 Å². The zero-order valence-electron chi connectivity index (χ0n) is 30.2. The third-order valence-corrected chi connectivity index (χ3v) is 11.8. The lowest BCUT2D eigenvalue weighted by molar-refractivity contribution is -0.143. The highest BCUT2D eigenvalue weighted by molar-refractivity contribution is 6.22. The fraction of sp³-hybridized carbons (Fsp3) is 0.286. The Labute approximate surface area is 321 Å². The first kappa shape index (κ1) is 37.8. The normalized spacial score (nSPS) is 25.9. The van der Waals surface area contributed by atoms with Crippen LogP contribution in [0.5, 0.6) is 11.5 Å². The Balaban J connectivity index is 1.31. The number of phenols is 1. The van der Waals surface area contributed by atoms with E-state index in [1.807, 2.05) is 6.92 Å². The third-order valence-electron chi connectivity index (χ3n) is 11.8. The summed E-state index contributed by atoms with van der Waals surface area (Å²) in [5, 5.41) is 11.6. The van der Waals surface area contributed by atoms with Crippen LogP contribution in [0.25, 0.3) is 0 Å². The molecule has 57 heavy (non-hydrogen) atoms. The van der Waals surface area contributed by atoms with Gasteiger partial charge in [-0.05, 0) is 79.3 Å². The maximum Gasteiger partial charge on any atom is 0.416 e. The van der Waals surface area contributed by atoms with E-state index in [9.17, 15) is 45.8 Å². The first-order valence-electron chi connectivity index (χ1n) is 18.0. The Morgan fingerprint density at radius 3 is 2.05 bits per heavy atom. The number of hydrazine groups is 1. The molecule has 3 fully saturated rings. The van der Waals surface area contributed by atoms with Crippen LogP contribution >= 0.6 is 0 Å². The number of fused-ring (bicyclic) bond motifs is 4. The molecule has 2 heterocycles. The van der Waals surface area contributed by atoms with Gasteiger partial charge < -0.3 is 9.84 Å². The van der Waals surface area contributed by atoms with E-state index in [0.717, 1.165) is 10.6 Å². The number of hydrogen-bond acceptors (Lipinski definition) is 7. The zero-order valence-corrected chi connectivity index (χ0v) is 30.2. The van der Waals surface area contributed by atoms with Crippen molar-refractivity contribution in [3.05, 3.63) is 130 Å². The number of carbonyl (C=O) groups excluding carboxylic acids is 4. The van der Waals surface area contributed by atoms with Crippen LogP contribution in [-0.2, 0) is 36.9 Å².